The zero-order chi connectivity index (χ0) is 22.9. The Balaban J connectivity index is 5.42. The maximum atomic E-state index is 12.5. The molecular weight excluding hydrogens is 408 g/mol. The van der Waals surface area contributed by atoms with Crippen molar-refractivity contribution in [3.63, 3.8) is 0 Å². The summed E-state index contributed by atoms with van der Waals surface area (Å²) >= 11 is 0. The SMILES string of the molecule is CC(=O)N[C@@H](CC(C)C)C(=O)NCC(CC(=O)O)S(=O)(=O)N[C@H](C(N)=O)[C@@H](C)O. The van der Waals surface area contributed by atoms with Crippen molar-refractivity contribution in [2.24, 2.45) is 11.7 Å². The highest BCUT2D eigenvalue weighted by molar-refractivity contribution is 7.90. The van der Waals surface area contributed by atoms with Crippen LogP contribution in [-0.2, 0) is 29.2 Å². The minimum absolute atomic E-state index is 0.0418. The Bertz CT molecular complexity index is 708. The summed E-state index contributed by atoms with van der Waals surface area (Å²) in [6.07, 6.45) is -2.06. The van der Waals surface area contributed by atoms with Crippen LogP contribution in [-0.4, -0.2) is 72.3 Å². The monoisotopic (exact) mass is 438 g/mol. The van der Waals surface area contributed by atoms with Crippen LogP contribution >= 0.6 is 0 Å². The van der Waals surface area contributed by atoms with Crippen molar-refractivity contribution in [2.75, 3.05) is 6.54 Å². The van der Waals surface area contributed by atoms with Gasteiger partial charge in [-0.3, -0.25) is 19.2 Å². The van der Waals surface area contributed by atoms with Gasteiger partial charge in [0.1, 0.15) is 17.3 Å². The maximum Gasteiger partial charge on any atom is 0.304 e. The minimum Gasteiger partial charge on any atom is -0.481 e. The number of nitrogens with one attached hydrogen (secondary N) is 3. The van der Waals surface area contributed by atoms with Gasteiger partial charge in [-0.25, -0.2) is 8.42 Å². The largest absolute Gasteiger partial charge is 0.481 e. The number of rotatable bonds is 13. The van der Waals surface area contributed by atoms with E-state index >= 15 is 0 Å². The van der Waals surface area contributed by atoms with Gasteiger partial charge in [-0.15, -0.1) is 0 Å². The summed E-state index contributed by atoms with van der Waals surface area (Å²) < 4.78 is 26.9. The number of primary amides is 1. The number of aliphatic carboxylic acids is 1. The van der Waals surface area contributed by atoms with Gasteiger partial charge in [-0.1, -0.05) is 13.8 Å². The predicted octanol–water partition coefficient (Wildman–Crippen LogP) is -2.35. The fraction of sp³-hybridized carbons (Fsp3) is 0.750. The lowest BCUT2D eigenvalue weighted by atomic mass is 10.0. The standard InChI is InChI=1S/C16H30N4O8S/c1-8(2)5-12(19-10(4)22)16(26)18-7-11(6-13(23)24)29(27,28)20-14(9(3)21)15(17)25/h8-9,11-12,14,20-21H,5-7H2,1-4H3,(H2,17,25)(H,18,26)(H,19,22)(H,23,24)/t9-,11?,12+,14+/m1/s1. The average molecular weight is 439 g/mol. The molecule has 0 aliphatic heterocycles. The average Bonchev–Trinajstić information content (AvgIpc) is 2.53. The highest BCUT2D eigenvalue weighted by Gasteiger charge is 2.34. The van der Waals surface area contributed by atoms with Crippen molar-refractivity contribution in [1.29, 1.82) is 0 Å². The molecule has 0 heterocycles. The van der Waals surface area contributed by atoms with Crippen LogP contribution in [0.3, 0.4) is 0 Å². The van der Waals surface area contributed by atoms with E-state index in [2.05, 4.69) is 10.6 Å². The Morgan fingerprint density at radius 3 is 2.03 bits per heavy atom. The van der Waals surface area contributed by atoms with Gasteiger partial charge in [-0.05, 0) is 19.3 Å². The topological polar surface area (TPSA) is 205 Å². The number of hydrogen-bond donors (Lipinski definition) is 6. The molecule has 29 heavy (non-hydrogen) atoms. The fourth-order valence-electron chi connectivity index (χ4n) is 2.44. The fourth-order valence-corrected chi connectivity index (χ4v) is 3.96. The number of hydrogen-bond acceptors (Lipinski definition) is 7. The van der Waals surface area contributed by atoms with Gasteiger partial charge in [0, 0.05) is 13.5 Å². The lowest BCUT2D eigenvalue weighted by molar-refractivity contribution is -0.137. The van der Waals surface area contributed by atoms with Crippen LogP contribution in [0.5, 0.6) is 0 Å². The zero-order valence-corrected chi connectivity index (χ0v) is 17.7. The molecule has 0 saturated carbocycles. The molecule has 0 saturated heterocycles. The molecule has 168 valence electrons. The van der Waals surface area contributed by atoms with E-state index in [4.69, 9.17) is 10.8 Å². The van der Waals surface area contributed by atoms with E-state index in [1.54, 1.807) is 0 Å². The van der Waals surface area contributed by atoms with Crippen molar-refractivity contribution in [3.8, 4) is 0 Å². The lowest BCUT2D eigenvalue weighted by Crippen LogP contribution is -2.55. The number of carbonyl (C=O) groups is 4. The Labute approximate surface area is 169 Å². The van der Waals surface area contributed by atoms with E-state index in [0.717, 1.165) is 6.92 Å². The van der Waals surface area contributed by atoms with Crippen molar-refractivity contribution >= 4 is 33.7 Å². The summed E-state index contributed by atoms with van der Waals surface area (Å²) in [6, 6.07) is -2.59. The first kappa shape index (κ1) is 26.8. The Morgan fingerprint density at radius 1 is 1.10 bits per heavy atom. The first-order valence-electron chi connectivity index (χ1n) is 8.92. The van der Waals surface area contributed by atoms with E-state index < -0.39 is 70.1 Å². The molecule has 12 nitrogen and oxygen atoms in total. The number of carbonyl (C=O) groups excluding carboxylic acids is 3. The van der Waals surface area contributed by atoms with E-state index in [9.17, 15) is 32.7 Å². The minimum atomic E-state index is -4.47. The van der Waals surface area contributed by atoms with Crippen LogP contribution < -0.4 is 21.1 Å². The Hall–Kier alpha value is -2.25. The number of nitrogens with two attached hydrogens (primary N) is 1. The quantitative estimate of drug-likeness (QED) is 0.183. The van der Waals surface area contributed by atoms with E-state index in [1.807, 2.05) is 18.6 Å². The van der Waals surface area contributed by atoms with Crippen LogP contribution in [0, 0.1) is 5.92 Å². The van der Waals surface area contributed by atoms with Crippen LogP contribution in [0.15, 0.2) is 0 Å². The van der Waals surface area contributed by atoms with Gasteiger partial charge in [0.2, 0.25) is 27.7 Å². The number of aliphatic hydroxyl groups excluding tert-OH is 1. The van der Waals surface area contributed by atoms with Crippen molar-refractivity contribution in [1.82, 2.24) is 15.4 Å². The maximum absolute atomic E-state index is 12.5. The molecule has 0 aliphatic carbocycles. The third-order valence-electron chi connectivity index (χ3n) is 3.83. The second-order valence-electron chi connectivity index (χ2n) is 7.13. The van der Waals surface area contributed by atoms with E-state index in [-0.39, 0.29) is 12.3 Å². The van der Waals surface area contributed by atoms with Gasteiger partial charge < -0.3 is 26.6 Å². The molecule has 1 unspecified atom stereocenters. The molecule has 0 aromatic heterocycles. The third-order valence-corrected chi connectivity index (χ3v) is 5.62. The van der Waals surface area contributed by atoms with Crippen LogP contribution in [0.25, 0.3) is 0 Å². The molecule has 0 aliphatic rings. The molecule has 0 radical (unpaired) electrons. The molecule has 0 rings (SSSR count). The van der Waals surface area contributed by atoms with Gasteiger partial charge in [0.25, 0.3) is 0 Å². The number of amides is 3. The normalized spacial score (nSPS) is 15.8. The molecule has 7 N–H and O–H groups in total. The molecule has 4 atom stereocenters. The molecule has 0 aromatic rings. The first-order chi connectivity index (χ1) is 13.2. The van der Waals surface area contributed by atoms with Crippen molar-refractivity contribution < 1.29 is 37.8 Å². The van der Waals surface area contributed by atoms with E-state index in [0.29, 0.717) is 0 Å². The number of aliphatic hydroxyl groups is 1. The summed E-state index contributed by atoms with van der Waals surface area (Å²) in [5, 5.41) is 21.6. The molecule has 0 spiro atoms. The van der Waals surface area contributed by atoms with Gasteiger partial charge >= 0.3 is 5.97 Å². The summed E-state index contributed by atoms with van der Waals surface area (Å²) in [7, 11) is -4.47. The van der Waals surface area contributed by atoms with Crippen molar-refractivity contribution in [3.05, 3.63) is 0 Å². The van der Waals surface area contributed by atoms with Gasteiger partial charge in [0.15, 0.2) is 0 Å². The van der Waals surface area contributed by atoms with E-state index in [1.165, 1.54) is 6.92 Å². The highest BCUT2D eigenvalue weighted by Crippen LogP contribution is 2.09. The van der Waals surface area contributed by atoms with Gasteiger partial charge in [-0.2, -0.15) is 4.72 Å². The molecule has 3 amide bonds. The molecule has 0 bridgehead atoms. The zero-order valence-electron chi connectivity index (χ0n) is 16.8. The Morgan fingerprint density at radius 2 is 1.66 bits per heavy atom. The summed E-state index contributed by atoms with van der Waals surface area (Å²) in [5.74, 6) is -3.70. The predicted molar refractivity (Wildman–Crippen MR) is 103 cm³/mol. The molecular formula is C16H30N4O8S. The molecule has 0 aromatic carbocycles. The van der Waals surface area contributed by atoms with Crippen LogP contribution in [0.2, 0.25) is 0 Å². The lowest BCUT2D eigenvalue weighted by Gasteiger charge is -2.24. The molecule has 0 fully saturated rings. The second kappa shape index (κ2) is 11.7. The number of sulfonamides is 1. The number of carboxylic acid groups (broad SMARTS) is 1. The van der Waals surface area contributed by atoms with Gasteiger partial charge in [0.05, 0.1) is 12.5 Å². The summed E-state index contributed by atoms with van der Waals surface area (Å²) in [6.45, 7) is 5.41. The second-order valence-corrected chi connectivity index (χ2v) is 9.12. The highest BCUT2D eigenvalue weighted by atomic mass is 32.2. The first-order valence-corrected chi connectivity index (χ1v) is 10.5. The molecule has 13 heteroatoms. The van der Waals surface area contributed by atoms with Crippen LogP contribution in [0.4, 0.5) is 0 Å². The Kier molecular flexibility index (Phi) is 10.8. The summed E-state index contributed by atoms with van der Waals surface area (Å²) in [4.78, 5) is 46.1. The van der Waals surface area contributed by atoms with Crippen LogP contribution in [0.1, 0.15) is 40.5 Å². The smallest absolute Gasteiger partial charge is 0.304 e. The number of carboxylic acids is 1. The third kappa shape index (κ3) is 10.2. The summed E-state index contributed by atoms with van der Waals surface area (Å²) in [5.41, 5.74) is 5.05. The van der Waals surface area contributed by atoms with Crippen molar-refractivity contribution in [2.45, 2.75) is 64.0 Å².